The summed E-state index contributed by atoms with van der Waals surface area (Å²) in [7, 11) is 1.79. The number of piperazine rings is 1. The fraction of sp³-hybridized carbons (Fsp3) is 0.318. The van der Waals surface area contributed by atoms with Gasteiger partial charge in [-0.1, -0.05) is 12.1 Å². The maximum atomic E-state index is 13.0. The van der Waals surface area contributed by atoms with E-state index in [1.54, 1.807) is 29.9 Å². The molecule has 0 N–H and O–H groups in total. The number of hydrogen-bond donors (Lipinski definition) is 0. The zero-order valence-electron chi connectivity index (χ0n) is 16.3. The molecule has 6 nitrogen and oxygen atoms in total. The lowest BCUT2D eigenvalue weighted by atomic mass is 10.1. The minimum atomic E-state index is -0.216. The van der Waals surface area contributed by atoms with Gasteiger partial charge in [0.1, 0.15) is 5.82 Å². The zero-order valence-corrected chi connectivity index (χ0v) is 16.3. The second-order valence-electron chi connectivity index (χ2n) is 7.33. The lowest BCUT2D eigenvalue weighted by Crippen LogP contribution is -2.49. The van der Waals surface area contributed by atoms with Crippen LogP contribution in [0.3, 0.4) is 0 Å². The van der Waals surface area contributed by atoms with E-state index >= 15 is 0 Å². The van der Waals surface area contributed by atoms with Crippen molar-refractivity contribution in [3.05, 3.63) is 65.1 Å². The maximum absolute atomic E-state index is 13.0. The van der Waals surface area contributed by atoms with E-state index in [4.69, 9.17) is 5.26 Å². The molecular formula is C22H22FN5O. The summed E-state index contributed by atoms with van der Waals surface area (Å²) in [4.78, 5) is 17.2. The van der Waals surface area contributed by atoms with Gasteiger partial charge in [0.2, 0.25) is 0 Å². The summed E-state index contributed by atoms with van der Waals surface area (Å²) in [5, 5.41) is 14.3. The number of halogens is 1. The first-order chi connectivity index (χ1) is 14.0. The monoisotopic (exact) mass is 391 g/mol. The van der Waals surface area contributed by atoms with Crippen molar-refractivity contribution < 1.29 is 9.18 Å². The van der Waals surface area contributed by atoms with Crippen LogP contribution in [0.1, 0.15) is 21.6 Å². The Bertz CT molecular complexity index is 1080. The molecule has 0 atom stereocenters. The number of aryl methyl sites for hydroxylation is 1. The molecule has 0 spiro atoms. The first-order valence-electron chi connectivity index (χ1n) is 9.68. The van der Waals surface area contributed by atoms with Gasteiger partial charge in [0.05, 0.1) is 17.1 Å². The second kappa shape index (κ2) is 8.02. The van der Waals surface area contributed by atoms with Crippen molar-refractivity contribution in [2.75, 3.05) is 32.7 Å². The Morgan fingerprint density at radius 2 is 1.86 bits per heavy atom. The predicted molar refractivity (Wildman–Crippen MR) is 108 cm³/mol. The number of nitriles is 1. The fourth-order valence-corrected chi connectivity index (χ4v) is 3.75. The number of amides is 1. The molecule has 1 aliphatic heterocycles. The average Bonchev–Trinajstić information content (AvgIpc) is 3.09. The minimum Gasteiger partial charge on any atom is -0.335 e. The van der Waals surface area contributed by atoms with E-state index < -0.39 is 0 Å². The molecule has 0 unspecified atom stereocenters. The first-order valence-corrected chi connectivity index (χ1v) is 9.68. The van der Waals surface area contributed by atoms with Crippen LogP contribution in [0.15, 0.2) is 42.5 Å². The molecule has 0 bridgehead atoms. The number of hydrogen-bond acceptors (Lipinski definition) is 4. The average molecular weight is 391 g/mol. The topological polar surface area (TPSA) is 65.2 Å². The quantitative estimate of drug-likeness (QED) is 0.686. The van der Waals surface area contributed by atoms with Crippen molar-refractivity contribution in [3.8, 4) is 6.07 Å². The highest BCUT2D eigenvalue weighted by Gasteiger charge is 2.25. The largest absolute Gasteiger partial charge is 0.335 e. The van der Waals surface area contributed by atoms with Crippen LogP contribution in [-0.2, 0) is 13.5 Å². The summed E-state index contributed by atoms with van der Waals surface area (Å²) >= 11 is 0. The molecule has 4 rings (SSSR count). The summed E-state index contributed by atoms with van der Waals surface area (Å²) in [5.74, 6) is -0.287. The Balaban J connectivity index is 1.38. The number of carbonyl (C=O) groups excluding carboxylic acids is 1. The van der Waals surface area contributed by atoms with Gasteiger partial charge in [-0.3, -0.25) is 14.4 Å². The molecule has 29 heavy (non-hydrogen) atoms. The number of rotatable bonds is 4. The molecule has 148 valence electrons. The van der Waals surface area contributed by atoms with E-state index in [-0.39, 0.29) is 11.7 Å². The van der Waals surface area contributed by atoms with Gasteiger partial charge in [0.25, 0.3) is 5.91 Å². The predicted octanol–water partition coefficient (Wildman–Crippen LogP) is 2.58. The van der Waals surface area contributed by atoms with Gasteiger partial charge in [0.15, 0.2) is 5.69 Å². The third-order valence-corrected chi connectivity index (χ3v) is 5.47. The van der Waals surface area contributed by atoms with E-state index in [0.29, 0.717) is 24.3 Å². The van der Waals surface area contributed by atoms with Gasteiger partial charge in [-0.05, 0) is 42.3 Å². The van der Waals surface area contributed by atoms with Crippen molar-refractivity contribution in [2.24, 2.45) is 7.05 Å². The van der Waals surface area contributed by atoms with Crippen molar-refractivity contribution >= 4 is 16.8 Å². The number of aromatic nitrogens is 2. The molecular weight excluding hydrogens is 369 g/mol. The lowest BCUT2D eigenvalue weighted by molar-refractivity contribution is 0.0634. The SMILES string of the molecule is Cn1nc(C(=O)N2CCN(CCc3ccc(F)cc3)CC2)c2ccc(C#N)cc21. The molecule has 2 heterocycles. The molecule has 3 aromatic rings. The second-order valence-corrected chi connectivity index (χ2v) is 7.33. The lowest BCUT2D eigenvalue weighted by Gasteiger charge is -2.34. The molecule has 1 saturated heterocycles. The normalized spacial score (nSPS) is 14.9. The van der Waals surface area contributed by atoms with Crippen LogP contribution in [0, 0.1) is 17.1 Å². The summed E-state index contributed by atoms with van der Waals surface area (Å²) < 4.78 is 14.7. The minimum absolute atomic E-state index is 0.0708. The van der Waals surface area contributed by atoms with Gasteiger partial charge in [-0.2, -0.15) is 10.4 Å². The van der Waals surface area contributed by atoms with E-state index in [9.17, 15) is 9.18 Å². The van der Waals surface area contributed by atoms with Gasteiger partial charge in [-0.15, -0.1) is 0 Å². The van der Waals surface area contributed by atoms with Crippen LogP contribution in [-0.4, -0.2) is 58.2 Å². The van der Waals surface area contributed by atoms with E-state index in [0.717, 1.165) is 42.5 Å². The highest BCUT2D eigenvalue weighted by molar-refractivity contribution is 6.05. The highest BCUT2D eigenvalue weighted by atomic mass is 19.1. The number of nitrogens with zero attached hydrogens (tertiary/aromatic N) is 5. The van der Waals surface area contributed by atoms with Crippen molar-refractivity contribution in [2.45, 2.75) is 6.42 Å². The van der Waals surface area contributed by atoms with Crippen LogP contribution < -0.4 is 0 Å². The van der Waals surface area contributed by atoms with Crippen LogP contribution in [0.2, 0.25) is 0 Å². The zero-order chi connectivity index (χ0) is 20.4. The molecule has 0 radical (unpaired) electrons. The summed E-state index contributed by atoms with van der Waals surface area (Å²) in [5.41, 5.74) is 2.88. The Kier molecular flexibility index (Phi) is 5.28. The maximum Gasteiger partial charge on any atom is 0.275 e. The molecule has 1 aliphatic rings. The van der Waals surface area contributed by atoms with Gasteiger partial charge < -0.3 is 4.90 Å². The molecule has 2 aromatic carbocycles. The van der Waals surface area contributed by atoms with Gasteiger partial charge in [0, 0.05) is 45.2 Å². The Labute approximate surface area is 168 Å². The fourth-order valence-electron chi connectivity index (χ4n) is 3.75. The van der Waals surface area contributed by atoms with Crippen molar-refractivity contribution in [1.82, 2.24) is 19.6 Å². The smallest absolute Gasteiger partial charge is 0.275 e. The Hall–Kier alpha value is -3.24. The van der Waals surface area contributed by atoms with Crippen molar-refractivity contribution in [1.29, 1.82) is 5.26 Å². The highest BCUT2D eigenvalue weighted by Crippen LogP contribution is 2.21. The molecule has 0 aliphatic carbocycles. The number of carbonyl (C=O) groups is 1. The van der Waals surface area contributed by atoms with Crippen LogP contribution >= 0.6 is 0 Å². The molecule has 1 aromatic heterocycles. The number of fused-ring (bicyclic) bond motifs is 1. The van der Waals surface area contributed by atoms with E-state index in [2.05, 4.69) is 16.1 Å². The Morgan fingerprint density at radius 1 is 1.14 bits per heavy atom. The number of benzene rings is 2. The van der Waals surface area contributed by atoms with E-state index in [1.165, 1.54) is 12.1 Å². The standard InChI is InChI=1S/C22H22FN5O/c1-26-20-14-17(15-24)4-7-19(20)21(25-26)22(29)28-12-10-27(11-13-28)9-8-16-2-5-18(23)6-3-16/h2-7,14H,8-13H2,1H3. The molecule has 1 fully saturated rings. The first kappa shape index (κ1) is 19.1. The summed E-state index contributed by atoms with van der Waals surface area (Å²) in [6, 6.07) is 14.0. The van der Waals surface area contributed by atoms with Crippen LogP contribution in [0.4, 0.5) is 4.39 Å². The summed E-state index contributed by atoms with van der Waals surface area (Å²) in [6.45, 7) is 3.79. The molecule has 0 saturated carbocycles. The van der Waals surface area contributed by atoms with Crippen LogP contribution in [0.25, 0.3) is 10.9 Å². The third kappa shape index (κ3) is 3.98. The van der Waals surface area contributed by atoms with E-state index in [1.807, 2.05) is 17.0 Å². The summed E-state index contributed by atoms with van der Waals surface area (Å²) in [6.07, 6.45) is 0.861. The molecule has 1 amide bonds. The van der Waals surface area contributed by atoms with Gasteiger partial charge in [-0.25, -0.2) is 4.39 Å². The third-order valence-electron chi connectivity index (χ3n) is 5.47. The Morgan fingerprint density at radius 3 is 2.55 bits per heavy atom. The molecule has 7 heteroatoms. The van der Waals surface area contributed by atoms with Crippen molar-refractivity contribution in [3.63, 3.8) is 0 Å². The van der Waals surface area contributed by atoms with Crippen LogP contribution in [0.5, 0.6) is 0 Å². The van der Waals surface area contributed by atoms with Gasteiger partial charge >= 0.3 is 0 Å².